The number of phenolic OH excluding ortho intramolecular Hbond substituents is 3. The number of rotatable bonds is 10. The number of nitrogens with one attached hydrogen (secondary N) is 1. The summed E-state index contributed by atoms with van der Waals surface area (Å²) in [6.07, 6.45) is 0. The maximum Gasteiger partial charge on any atom is 0.354 e. The maximum absolute atomic E-state index is 11.9. The minimum atomic E-state index is -1.03. The van der Waals surface area contributed by atoms with E-state index in [0.29, 0.717) is 115 Å². The van der Waals surface area contributed by atoms with Crippen molar-refractivity contribution in [2.24, 2.45) is 15.0 Å². The number of aliphatic imine (C=N–C) groups is 2. The van der Waals surface area contributed by atoms with E-state index in [1.54, 1.807) is 81.6 Å². The first-order valence-electron chi connectivity index (χ1n) is 30.5. The molecule has 6 aromatic heterocycles. The molecule has 0 aliphatic carbocycles. The van der Waals surface area contributed by atoms with Crippen LogP contribution in [0.5, 0.6) is 34.5 Å². The summed E-state index contributed by atoms with van der Waals surface area (Å²) < 4.78 is 28.1. The van der Waals surface area contributed by atoms with E-state index in [0.717, 1.165) is 18.8 Å². The number of alkyl halides is 1. The Morgan fingerprint density at radius 3 is 1.40 bits per heavy atom. The highest BCUT2D eigenvalue weighted by atomic mass is 35.5. The number of benzene rings is 6. The van der Waals surface area contributed by atoms with E-state index in [4.69, 9.17) is 152 Å². The van der Waals surface area contributed by atoms with Crippen LogP contribution in [0.2, 0.25) is 44.8 Å². The van der Waals surface area contributed by atoms with Gasteiger partial charge in [-0.05, 0) is 136 Å². The lowest BCUT2D eigenvalue weighted by molar-refractivity contribution is -0.139. The number of carboxylic acid groups (broad SMARTS) is 2. The van der Waals surface area contributed by atoms with Crippen LogP contribution in [0.3, 0.4) is 0 Å². The number of phenols is 3. The first-order chi connectivity index (χ1) is 52.7. The van der Waals surface area contributed by atoms with Gasteiger partial charge >= 0.3 is 26.6 Å². The third-order valence-corrected chi connectivity index (χ3v) is 28.9. The smallest absolute Gasteiger partial charge is 0.354 e. The lowest BCUT2D eigenvalue weighted by atomic mass is 10.0. The Bertz CT molecular complexity index is 5630. The van der Waals surface area contributed by atoms with Crippen LogP contribution >= 0.6 is 252 Å². The van der Waals surface area contributed by atoms with Gasteiger partial charge in [-0.1, -0.05) is 141 Å². The number of nitrogens with zero attached hydrogens (tertiary/aromatic N) is 11. The highest BCUT2D eigenvalue weighted by molar-refractivity contribution is 8.16. The molecule has 0 spiro atoms. The number of carbonyl (C=O) groups is 3. The molecule has 3 unspecified atom stereocenters. The number of amides is 1. The van der Waals surface area contributed by atoms with Crippen LogP contribution in [0.4, 0.5) is 11.4 Å². The molecule has 25 nitrogen and oxygen atoms in total. The zero-order valence-electron chi connectivity index (χ0n) is 59.3. The number of hydrogen-bond donors (Lipinski definition) is 10. The Labute approximate surface area is 756 Å². The molecule has 606 valence electrons. The van der Waals surface area contributed by atoms with Crippen molar-refractivity contribution in [2.75, 3.05) is 27.1 Å². The van der Waals surface area contributed by atoms with E-state index in [9.17, 15) is 34.8 Å². The number of nitrogen functional groups attached to an aromatic ring is 1. The number of aromatic hydroxyl groups is 3. The molecule has 0 radical (unpaired) electrons. The molecule has 48 heteroatoms. The normalized spacial score (nSPS) is 14.4. The van der Waals surface area contributed by atoms with Crippen molar-refractivity contribution in [1.82, 2.24) is 39.6 Å². The number of nitrogens with two attached hydrogens (primary N) is 1. The van der Waals surface area contributed by atoms with Crippen LogP contribution in [-0.4, -0.2) is 135 Å². The van der Waals surface area contributed by atoms with Gasteiger partial charge in [0.15, 0.2) is 60.4 Å². The van der Waals surface area contributed by atoms with Crippen LogP contribution in [0.25, 0.3) is 40.9 Å². The molecule has 14 rings (SSSR count). The molecule has 0 fully saturated rings. The number of halogens is 11. The predicted molar refractivity (Wildman–Crippen MR) is 479 cm³/mol. The van der Waals surface area contributed by atoms with Crippen LogP contribution in [-0.2, 0) is 14.4 Å². The Morgan fingerprint density at radius 1 is 0.614 bits per heavy atom. The van der Waals surface area contributed by atoms with Crippen molar-refractivity contribution in [3.8, 4) is 46.6 Å². The Balaban J connectivity index is 0.000000238. The van der Waals surface area contributed by atoms with E-state index < -0.39 is 38.9 Å². The summed E-state index contributed by atoms with van der Waals surface area (Å²) in [4.78, 5) is 63.2. The minimum absolute atomic E-state index is 0. The number of fused-ring (bicyclic) bond motifs is 4. The third kappa shape index (κ3) is 25.8. The Kier molecular flexibility index (Phi) is 38.7. The fourth-order valence-corrected chi connectivity index (χ4v) is 20.1. The molecule has 0 saturated heterocycles. The summed E-state index contributed by atoms with van der Waals surface area (Å²) in [5.41, 5.74) is 8.66. The number of carboxylic acids is 2. The standard InChI is InChI=1S/C13H12ClN3O2S3.C13H11ClN2O3S2.C9H6Cl2N2OS2.C9H5ClN2OS.C8H3ClN2OS.C7H8ClNO.C5H9ClO2S.C2Cl2NS2.ClH.H3N/c1-13(2)9(10(19)17-20)16-12(22-13)11-15-7-6(21-11)4-3-5(14)8(7)18;1-13(2)9(12(18)19)16-11(21-13)10-15-7-6(20-10)4-3-5(14)8(7)17;1-14-7-5(10)3-2-4-6(7)12-9-8(11)13-16-15-9;1-13-9-5(10)2-3-6-8(9)12-7(4-11)14-6;9-4-1-2-5-7(8(4)12)11-6(3-10)13-5;1-10-7-5(8)3-2-4-6(7)9;1-5(2,9)3(6)4(7)8;3-1-2(4)6-7-5-1;;/h3-4,9,18,20H,1-2H3,(H,17,19);3-4,9,17H,1-2H3,(H,18,19);2-4H,1H3;2-3H,1H3;1-2,12H;2-4H,9H2,1H3;3,9H,1-2H3,(H,7,8);;1H;1H3/q;;;;;;;+1;;/p-1. The number of thiazole rings is 4. The molecule has 1 amide bonds. The molecule has 0 bridgehead atoms. The summed E-state index contributed by atoms with van der Waals surface area (Å²) in [5.74, 6) is -0.765. The molecule has 114 heavy (non-hydrogen) atoms. The van der Waals surface area contributed by atoms with Gasteiger partial charge in [-0.25, -0.2) is 29.7 Å². The topological polar surface area (TPSA) is 415 Å². The predicted octanol–water partition coefficient (Wildman–Crippen LogP) is 19.0. The molecule has 8 heterocycles. The largest absolute Gasteiger partial charge is 1.00 e. The molecule has 6 aromatic carbocycles. The first-order valence-corrected chi connectivity index (χ1v) is 44.3. The zero-order valence-corrected chi connectivity index (χ0v) is 77.6. The number of hydrogen-bond acceptors (Lipinski definition) is 33. The number of thioether (sulfide) groups is 2. The van der Waals surface area contributed by atoms with E-state index in [-0.39, 0.29) is 61.5 Å². The summed E-state index contributed by atoms with van der Waals surface area (Å²) in [6.45, 7) is 10.9. The van der Waals surface area contributed by atoms with E-state index >= 15 is 0 Å². The quantitative estimate of drug-likeness (QED) is 0.0200. The summed E-state index contributed by atoms with van der Waals surface area (Å²) in [6, 6.07) is 26.9. The van der Waals surface area contributed by atoms with E-state index in [1.165, 1.54) is 125 Å². The van der Waals surface area contributed by atoms with Crippen LogP contribution in [0.15, 0.2) is 99.9 Å². The van der Waals surface area contributed by atoms with Crippen molar-refractivity contribution < 1.29 is 66.5 Å². The van der Waals surface area contributed by atoms with Gasteiger partial charge in [-0.3, -0.25) is 19.6 Å². The van der Waals surface area contributed by atoms with Crippen LogP contribution in [0.1, 0.15) is 61.6 Å². The fourth-order valence-electron chi connectivity index (χ4n) is 8.80. The van der Waals surface area contributed by atoms with Crippen molar-refractivity contribution in [3.63, 3.8) is 0 Å². The third-order valence-electron chi connectivity index (χ3n) is 14.0. The summed E-state index contributed by atoms with van der Waals surface area (Å²) in [7, 11) is 9.99. The monoisotopic (exact) mass is 1990 g/mol. The van der Waals surface area contributed by atoms with Gasteiger partial charge in [-0.15, -0.1) is 61.3 Å². The van der Waals surface area contributed by atoms with E-state index in [1.807, 2.05) is 64.1 Å². The number of thiol groups is 2. The number of ether oxygens (including phenoxy) is 3. The Hall–Kier alpha value is -5.48. The number of nitriles is 2. The molecular formula is C66H57Cl11N14O11S12. The second-order valence-electron chi connectivity index (χ2n) is 23.1. The van der Waals surface area contributed by atoms with Gasteiger partial charge in [0.05, 0.1) is 76.0 Å². The van der Waals surface area contributed by atoms with Crippen molar-refractivity contribution in [1.29, 1.82) is 10.5 Å². The number of aliphatic carboxylic acids is 2. The average molecular weight is 2000 g/mol. The molecule has 11 N–H and O–H groups in total. The lowest BCUT2D eigenvalue weighted by Gasteiger charge is -2.21. The fraction of sp³-hybridized carbons (Fsp3) is 0.227. The molecule has 3 atom stereocenters. The SMILES string of the molecule is CC(C)(S)C(Cl)C(=O)O.CC1(C)SC(c2nc3c(O)c(Cl)ccc3s2)=NC1C(=O)NS.CC1(C)SC(c2nc3c(O)c(Cl)ccc3s2)=NC1C(=O)O.COc1c(Cl)ccc2sc(C#N)nc12.COc1c(Cl)cccc1N=c1ssnc1Cl.COc1c(N)cccc1Cl.Clc1ns[s+]c1Cl.N.N#Cc1nc2c(O)c(Cl)ccc2s1.[Cl-]. The first kappa shape index (κ1) is 99.1. The molecule has 2 aliphatic rings. The lowest BCUT2D eigenvalue weighted by Crippen LogP contribution is -3.00. The summed E-state index contributed by atoms with van der Waals surface area (Å²) >= 11 is 73.2. The average Bonchev–Trinajstić information content (AvgIpc) is 1.63. The second kappa shape index (κ2) is 44.5. The molecule has 0 saturated carbocycles. The molecular weight excluding hydrogens is 1940 g/mol. The van der Waals surface area contributed by atoms with Gasteiger partial charge in [0, 0.05) is 24.8 Å². The number of carbonyl (C=O) groups excluding carboxylic acids is 1. The number of anilines is 1. The molecule has 12 aromatic rings. The van der Waals surface area contributed by atoms with Gasteiger partial charge < -0.3 is 68.8 Å². The zero-order chi connectivity index (χ0) is 83.0. The Morgan fingerprint density at radius 2 is 1.04 bits per heavy atom. The summed E-state index contributed by atoms with van der Waals surface area (Å²) in [5, 5.41) is 69.7. The number of para-hydroxylation sites is 2. The van der Waals surface area contributed by atoms with E-state index in [2.05, 4.69) is 73.8 Å². The maximum atomic E-state index is 11.9. The van der Waals surface area contributed by atoms with Crippen molar-refractivity contribution >= 4 is 332 Å². The van der Waals surface area contributed by atoms with Crippen molar-refractivity contribution in [3.05, 3.63) is 154 Å². The highest BCUT2D eigenvalue weighted by Crippen LogP contribution is 2.46. The van der Waals surface area contributed by atoms with Crippen molar-refractivity contribution in [2.45, 2.75) is 73.2 Å². The molecule has 2 aliphatic heterocycles. The number of methoxy groups -OCH3 is 3. The van der Waals surface area contributed by atoms with Crippen LogP contribution < -0.4 is 47.9 Å². The second-order valence-corrected chi connectivity index (χ2v) is 39.8. The number of aromatic nitrogens is 6. The van der Waals surface area contributed by atoms with Gasteiger partial charge in [0.25, 0.3) is 16.4 Å². The van der Waals surface area contributed by atoms with Crippen LogP contribution in [0, 0.1) is 22.7 Å². The van der Waals surface area contributed by atoms with Gasteiger partial charge in [-0.2, -0.15) is 27.5 Å². The van der Waals surface area contributed by atoms with Gasteiger partial charge in [0.1, 0.15) is 71.4 Å². The minimum Gasteiger partial charge on any atom is -1.00 e. The van der Waals surface area contributed by atoms with Gasteiger partial charge in [0.2, 0.25) is 5.15 Å². The highest BCUT2D eigenvalue weighted by Gasteiger charge is 2.45.